The monoisotopic (exact) mass is 246 g/mol. The largest absolute Gasteiger partial charge is 0.497 e. The summed E-state index contributed by atoms with van der Waals surface area (Å²) in [6.45, 7) is 3.76. The third kappa shape index (κ3) is 3.11. The molecule has 96 valence electrons. The van der Waals surface area contributed by atoms with Crippen LogP contribution in [0.5, 0.6) is 5.75 Å². The summed E-state index contributed by atoms with van der Waals surface area (Å²) in [4.78, 5) is 4.25. The fourth-order valence-corrected chi connectivity index (χ4v) is 1.67. The maximum absolute atomic E-state index is 5.69. The van der Waals surface area contributed by atoms with Crippen molar-refractivity contribution in [1.29, 1.82) is 0 Å². The molecule has 0 aliphatic carbocycles. The molecule has 18 heavy (non-hydrogen) atoms. The summed E-state index contributed by atoms with van der Waals surface area (Å²) in [5, 5.41) is 3.26. The first-order valence-corrected chi connectivity index (χ1v) is 6.13. The lowest BCUT2D eigenvalue weighted by molar-refractivity contribution is 0.414. The molecule has 4 heteroatoms. The lowest BCUT2D eigenvalue weighted by Crippen LogP contribution is -2.13. The topological polar surface area (TPSA) is 47.3 Å². The number of benzene rings is 1. The van der Waals surface area contributed by atoms with Gasteiger partial charge in [-0.1, -0.05) is 19.1 Å². The summed E-state index contributed by atoms with van der Waals surface area (Å²) >= 11 is 0. The first-order valence-electron chi connectivity index (χ1n) is 6.13. The van der Waals surface area contributed by atoms with E-state index >= 15 is 0 Å². The molecule has 2 rings (SSSR count). The Bertz CT molecular complexity index is 494. The quantitative estimate of drug-likeness (QED) is 0.796. The SMILES string of the molecule is CCCNCc1ncc(-c2cccc(OC)c2)o1. The molecule has 0 aliphatic rings. The van der Waals surface area contributed by atoms with Crippen molar-refractivity contribution in [3.63, 3.8) is 0 Å². The fraction of sp³-hybridized carbons (Fsp3) is 0.357. The minimum atomic E-state index is 0.664. The number of aromatic nitrogens is 1. The van der Waals surface area contributed by atoms with Gasteiger partial charge in [-0.2, -0.15) is 0 Å². The predicted octanol–water partition coefficient (Wildman–Crippen LogP) is 2.85. The van der Waals surface area contributed by atoms with Crippen LogP contribution < -0.4 is 10.1 Å². The van der Waals surface area contributed by atoms with E-state index in [1.165, 1.54) is 0 Å². The Kier molecular flexibility index (Phi) is 4.36. The Morgan fingerprint density at radius 2 is 2.28 bits per heavy atom. The molecule has 0 bridgehead atoms. The number of nitrogens with one attached hydrogen (secondary N) is 1. The molecular formula is C14H18N2O2. The van der Waals surface area contributed by atoms with E-state index < -0.39 is 0 Å². The van der Waals surface area contributed by atoms with Crippen LogP contribution in [0.2, 0.25) is 0 Å². The predicted molar refractivity (Wildman–Crippen MR) is 70.5 cm³/mol. The second-order valence-electron chi connectivity index (χ2n) is 4.03. The highest BCUT2D eigenvalue weighted by molar-refractivity contribution is 5.58. The maximum atomic E-state index is 5.69. The second-order valence-corrected chi connectivity index (χ2v) is 4.03. The molecule has 0 atom stereocenters. The van der Waals surface area contributed by atoms with Crippen molar-refractivity contribution in [3.8, 4) is 17.1 Å². The summed E-state index contributed by atoms with van der Waals surface area (Å²) < 4.78 is 10.9. The van der Waals surface area contributed by atoms with Gasteiger partial charge in [-0.25, -0.2) is 4.98 Å². The lowest BCUT2D eigenvalue weighted by atomic mass is 10.2. The molecule has 4 nitrogen and oxygen atoms in total. The molecule has 0 amide bonds. The van der Waals surface area contributed by atoms with Crippen LogP contribution in [0.4, 0.5) is 0 Å². The maximum Gasteiger partial charge on any atom is 0.208 e. The van der Waals surface area contributed by atoms with E-state index in [2.05, 4.69) is 17.2 Å². The van der Waals surface area contributed by atoms with E-state index in [1.807, 2.05) is 24.3 Å². The third-order valence-corrected chi connectivity index (χ3v) is 2.61. The van der Waals surface area contributed by atoms with Crippen molar-refractivity contribution in [1.82, 2.24) is 10.3 Å². The molecular weight excluding hydrogens is 228 g/mol. The molecule has 0 aliphatic heterocycles. The highest BCUT2D eigenvalue weighted by atomic mass is 16.5. The Labute approximate surface area is 107 Å². The zero-order valence-electron chi connectivity index (χ0n) is 10.8. The summed E-state index contributed by atoms with van der Waals surface area (Å²) in [7, 11) is 1.65. The van der Waals surface area contributed by atoms with Gasteiger partial charge in [0.2, 0.25) is 5.89 Å². The van der Waals surface area contributed by atoms with Crippen LogP contribution in [0.3, 0.4) is 0 Å². The van der Waals surface area contributed by atoms with Gasteiger partial charge >= 0.3 is 0 Å². The van der Waals surface area contributed by atoms with Gasteiger partial charge in [0.15, 0.2) is 5.76 Å². The summed E-state index contributed by atoms with van der Waals surface area (Å²) in [5.74, 6) is 2.29. The van der Waals surface area contributed by atoms with E-state index in [0.29, 0.717) is 12.4 Å². The molecule has 1 aromatic heterocycles. The van der Waals surface area contributed by atoms with Gasteiger partial charge in [0, 0.05) is 5.56 Å². The highest BCUT2D eigenvalue weighted by Gasteiger charge is 2.06. The lowest BCUT2D eigenvalue weighted by Gasteiger charge is -2.01. The van der Waals surface area contributed by atoms with Crippen molar-refractivity contribution < 1.29 is 9.15 Å². The van der Waals surface area contributed by atoms with Gasteiger partial charge in [0.25, 0.3) is 0 Å². The smallest absolute Gasteiger partial charge is 0.208 e. The van der Waals surface area contributed by atoms with Gasteiger partial charge in [0.05, 0.1) is 19.9 Å². The number of methoxy groups -OCH3 is 1. The standard InChI is InChI=1S/C14H18N2O2/c1-3-7-15-10-14-16-9-13(18-14)11-5-4-6-12(8-11)17-2/h4-6,8-9,15H,3,7,10H2,1-2H3. The normalized spacial score (nSPS) is 10.6. The zero-order chi connectivity index (χ0) is 12.8. The van der Waals surface area contributed by atoms with E-state index in [1.54, 1.807) is 13.3 Å². The van der Waals surface area contributed by atoms with Crippen LogP contribution in [0, 0.1) is 0 Å². The van der Waals surface area contributed by atoms with Crippen molar-refractivity contribution in [3.05, 3.63) is 36.4 Å². The van der Waals surface area contributed by atoms with Crippen LogP contribution in [-0.2, 0) is 6.54 Å². The number of rotatable bonds is 6. The Balaban J connectivity index is 2.08. The second kappa shape index (κ2) is 6.21. The molecule has 0 saturated carbocycles. The van der Waals surface area contributed by atoms with Gasteiger partial charge in [0.1, 0.15) is 5.75 Å². The van der Waals surface area contributed by atoms with Crippen LogP contribution in [0.1, 0.15) is 19.2 Å². The van der Waals surface area contributed by atoms with E-state index in [4.69, 9.17) is 9.15 Å². The van der Waals surface area contributed by atoms with Crippen molar-refractivity contribution in [2.45, 2.75) is 19.9 Å². The summed E-state index contributed by atoms with van der Waals surface area (Å²) in [6.07, 6.45) is 2.85. The van der Waals surface area contributed by atoms with E-state index in [0.717, 1.165) is 30.0 Å². The molecule has 1 heterocycles. The average Bonchev–Trinajstić information content (AvgIpc) is 2.88. The number of ether oxygens (including phenoxy) is 1. The molecule has 2 aromatic rings. The van der Waals surface area contributed by atoms with Crippen molar-refractivity contribution in [2.75, 3.05) is 13.7 Å². The van der Waals surface area contributed by atoms with Crippen LogP contribution >= 0.6 is 0 Å². The zero-order valence-corrected chi connectivity index (χ0v) is 10.8. The van der Waals surface area contributed by atoms with E-state index in [-0.39, 0.29) is 0 Å². The van der Waals surface area contributed by atoms with Crippen LogP contribution in [-0.4, -0.2) is 18.6 Å². The molecule has 0 saturated heterocycles. The first-order chi connectivity index (χ1) is 8.83. The van der Waals surface area contributed by atoms with Gasteiger partial charge in [-0.15, -0.1) is 0 Å². The van der Waals surface area contributed by atoms with Crippen LogP contribution in [0.25, 0.3) is 11.3 Å². The van der Waals surface area contributed by atoms with Gasteiger partial charge in [-0.3, -0.25) is 0 Å². The first kappa shape index (κ1) is 12.6. The average molecular weight is 246 g/mol. The molecule has 0 fully saturated rings. The van der Waals surface area contributed by atoms with Crippen LogP contribution in [0.15, 0.2) is 34.9 Å². The number of hydrogen-bond donors (Lipinski definition) is 1. The van der Waals surface area contributed by atoms with Crippen molar-refractivity contribution in [2.24, 2.45) is 0 Å². The number of oxazole rings is 1. The summed E-state index contributed by atoms with van der Waals surface area (Å²) in [6, 6.07) is 7.76. The third-order valence-electron chi connectivity index (χ3n) is 2.61. The highest BCUT2D eigenvalue weighted by Crippen LogP contribution is 2.24. The minimum Gasteiger partial charge on any atom is -0.497 e. The van der Waals surface area contributed by atoms with Crippen molar-refractivity contribution >= 4 is 0 Å². The summed E-state index contributed by atoms with van der Waals surface area (Å²) in [5.41, 5.74) is 0.976. The number of nitrogens with zero attached hydrogens (tertiary/aromatic N) is 1. The molecule has 1 aromatic carbocycles. The Morgan fingerprint density at radius 3 is 3.06 bits per heavy atom. The van der Waals surface area contributed by atoms with Gasteiger partial charge < -0.3 is 14.5 Å². The van der Waals surface area contributed by atoms with Gasteiger partial charge in [-0.05, 0) is 25.1 Å². The van der Waals surface area contributed by atoms with E-state index in [9.17, 15) is 0 Å². The fourth-order valence-electron chi connectivity index (χ4n) is 1.67. The minimum absolute atomic E-state index is 0.664. The molecule has 1 N–H and O–H groups in total. The Hall–Kier alpha value is -1.81. The number of hydrogen-bond acceptors (Lipinski definition) is 4. The Morgan fingerprint density at radius 1 is 1.39 bits per heavy atom. The molecule has 0 radical (unpaired) electrons. The molecule has 0 unspecified atom stereocenters. The molecule has 0 spiro atoms.